The topological polar surface area (TPSA) is 83.0 Å². The van der Waals surface area contributed by atoms with E-state index in [1.807, 2.05) is 0 Å². The minimum absolute atomic E-state index is 0.211. The van der Waals surface area contributed by atoms with Gasteiger partial charge >= 0.3 is 138 Å². The maximum absolute atomic E-state index is 11.2. The van der Waals surface area contributed by atoms with Crippen LogP contribution < -0.4 is 29.2 Å². The molecule has 2 aliphatic carbocycles. The minimum Gasteiger partial charge on any atom is -0.867 e. The number of para-hydroxylation sites is 2. The summed E-state index contributed by atoms with van der Waals surface area (Å²) >= 11 is -0.662. The molecule has 43 heavy (non-hydrogen) atoms. The molecular weight excluding hydrogens is 620 g/mol. The fourth-order valence-electron chi connectivity index (χ4n) is 5.18. The van der Waals surface area contributed by atoms with Crippen molar-refractivity contribution in [3.63, 3.8) is 0 Å². The fourth-order valence-corrected chi connectivity index (χ4v) is 9.59. The summed E-state index contributed by atoms with van der Waals surface area (Å²) in [6, 6.07) is 27.9. The summed E-state index contributed by atoms with van der Waals surface area (Å²) in [6.45, 7) is 4.65. The Morgan fingerprint density at radius 1 is 0.581 bits per heavy atom. The average Bonchev–Trinajstić information content (AvgIpc) is 3.54. The van der Waals surface area contributed by atoms with E-state index in [2.05, 4.69) is 74.5 Å². The smallest absolute Gasteiger partial charge is 0.114 e. The first kappa shape index (κ1) is 32.0. The zero-order chi connectivity index (χ0) is 30.9. The van der Waals surface area contributed by atoms with Gasteiger partial charge in [0.25, 0.3) is 0 Å². The molecule has 1 atom stereocenters. The molecule has 0 radical (unpaired) electrons. The molecule has 4 aromatic rings. The summed E-state index contributed by atoms with van der Waals surface area (Å²) in [5, 5.41) is 22.4. The Morgan fingerprint density at radius 2 is 0.977 bits per heavy atom. The van der Waals surface area contributed by atoms with E-state index in [0.29, 0.717) is 32.5 Å². The predicted molar refractivity (Wildman–Crippen MR) is 163 cm³/mol. The third kappa shape index (κ3) is 7.17. The Morgan fingerprint density at radius 3 is 1.33 bits per heavy atom. The quantitative estimate of drug-likeness (QED) is 0.226. The van der Waals surface area contributed by atoms with Crippen LogP contribution in [0.3, 0.4) is 0 Å². The summed E-state index contributed by atoms with van der Waals surface area (Å²) in [5.41, 5.74) is 7.62. The first-order valence-corrected chi connectivity index (χ1v) is 16.6. The van der Waals surface area contributed by atoms with Gasteiger partial charge in [0.05, 0.1) is 28.4 Å². The van der Waals surface area contributed by atoms with Gasteiger partial charge in [-0.05, 0) is 35.8 Å². The van der Waals surface area contributed by atoms with Crippen molar-refractivity contribution in [2.24, 2.45) is 5.92 Å². The van der Waals surface area contributed by atoms with E-state index in [4.69, 9.17) is 18.9 Å². The molecule has 0 saturated heterocycles. The van der Waals surface area contributed by atoms with E-state index in [1.54, 1.807) is 50.8 Å². The molecule has 0 saturated carbocycles. The third-order valence-electron chi connectivity index (χ3n) is 7.41. The minimum atomic E-state index is -0.662. The SMILES string of the molecule is CC1=[C]([Zr+2][CH]2c3ccccc3-c3ccccc32)C(C)C=C1.COc1cccc(OC)c1[O-].COc1cccc(OC)c1[O-]. The molecule has 0 fully saturated rings. The van der Waals surface area contributed by atoms with Crippen LogP contribution in [0, 0.1) is 5.92 Å². The van der Waals surface area contributed by atoms with Crippen LogP contribution in [-0.4, -0.2) is 28.4 Å². The van der Waals surface area contributed by atoms with Crippen molar-refractivity contribution in [1.82, 2.24) is 0 Å². The molecule has 2 aliphatic rings. The van der Waals surface area contributed by atoms with Gasteiger partial charge in [-0.25, -0.2) is 0 Å². The second-order valence-electron chi connectivity index (χ2n) is 9.98. The van der Waals surface area contributed by atoms with Gasteiger partial charge in [0.15, 0.2) is 0 Å². The van der Waals surface area contributed by atoms with Crippen molar-refractivity contribution in [2.75, 3.05) is 28.4 Å². The number of fused-ring (bicyclic) bond motifs is 3. The molecule has 0 amide bonds. The summed E-state index contributed by atoms with van der Waals surface area (Å²) in [7, 11) is 5.82. The molecule has 220 valence electrons. The van der Waals surface area contributed by atoms with Crippen molar-refractivity contribution in [1.29, 1.82) is 0 Å². The first-order valence-electron chi connectivity index (χ1n) is 13.9. The normalized spacial score (nSPS) is 14.3. The maximum Gasteiger partial charge on any atom is 0.114 e. The number of hydrogen-bond acceptors (Lipinski definition) is 6. The molecule has 0 aliphatic heterocycles. The van der Waals surface area contributed by atoms with Crippen LogP contribution in [0.25, 0.3) is 11.1 Å². The van der Waals surface area contributed by atoms with Gasteiger partial charge in [0, 0.05) is 0 Å². The molecule has 7 heteroatoms. The summed E-state index contributed by atoms with van der Waals surface area (Å²) in [4.78, 5) is 0. The van der Waals surface area contributed by atoms with Gasteiger partial charge in [0.1, 0.15) is 23.0 Å². The molecule has 1 unspecified atom stereocenters. The van der Waals surface area contributed by atoms with Gasteiger partial charge in [-0.3, -0.25) is 0 Å². The van der Waals surface area contributed by atoms with Crippen LogP contribution in [0.2, 0.25) is 0 Å². The van der Waals surface area contributed by atoms with Crippen molar-refractivity contribution < 1.29 is 52.4 Å². The van der Waals surface area contributed by atoms with Crippen LogP contribution in [0.5, 0.6) is 34.5 Å². The molecule has 0 aromatic heterocycles. The van der Waals surface area contributed by atoms with E-state index >= 15 is 0 Å². The van der Waals surface area contributed by atoms with E-state index in [0.717, 1.165) is 0 Å². The molecular formula is C36H36O6Zr. The van der Waals surface area contributed by atoms with E-state index in [-0.39, 0.29) is 11.5 Å². The van der Waals surface area contributed by atoms with Gasteiger partial charge in [0.2, 0.25) is 0 Å². The number of benzene rings is 4. The Bertz CT molecular complexity index is 1470. The fraction of sp³-hybridized carbons (Fsp3) is 0.222. The van der Waals surface area contributed by atoms with Crippen LogP contribution in [0.15, 0.2) is 106 Å². The van der Waals surface area contributed by atoms with Gasteiger partial charge in [-0.15, -0.1) is 0 Å². The maximum atomic E-state index is 11.2. The van der Waals surface area contributed by atoms with E-state index < -0.39 is 23.2 Å². The summed E-state index contributed by atoms with van der Waals surface area (Å²) < 4.78 is 21.6. The van der Waals surface area contributed by atoms with Crippen LogP contribution >= 0.6 is 0 Å². The molecule has 0 N–H and O–H groups in total. The second kappa shape index (κ2) is 15.0. The molecule has 0 bridgehead atoms. The van der Waals surface area contributed by atoms with E-state index in [9.17, 15) is 10.2 Å². The van der Waals surface area contributed by atoms with Gasteiger partial charge in [-0.1, -0.05) is 12.1 Å². The molecule has 0 heterocycles. The summed E-state index contributed by atoms with van der Waals surface area (Å²) in [6.07, 6.45) is 4.70. The largest absolute Gasteiger partial charge is 0.867 e. The van der Waals surface area contributed by atoms with Crippen molar-refractivity contribution in [2.45, 2.75) is 17.5 Å². The van der Waals surface area contributed by atoms with Crippen LogP contribution in [0.4, 0.5) is 0 Å². The molecule has 6 rings (SSSR count). The average molecular weight is 656 g/mol. The van der Waals surface area contributed by atoms with Crippen molar-refractivity contribution in [3.05, 3.63) is 117 Å². The number of ether oxygens (including phenoxy) is 4. The monoisotopic (exact) mass is 654 g/mol. The zero-order valence-corrected chi connectivity index (χ0v) is 27.8. The number of allylic oxidation sites excluding steroid dienone is 4. The number of methoxy groups -OCH3 is 4. The van der Waals surface area contributed by atoms with Crippen molar-refractivity contribution in [3.8, 4) is 45.6 Å². The summed E-state index contributed by atoms with van der Waals surface area (Å²) in [5.74, 6) is 1.48. The number of hydrogen-bond donors (Lipinski definition) is 0. The second-order valence-corrected chi connectivity index (χ2v) is 13.4. The van der Waals surface area contributed by atoms with Crippen LogP contribution in [0.1, 0.15) is 28.6 Å². The van der Waals surface area contributed by atoms with Gasteiger partial charge < -0.3 is 29.2 Å². The molecule has 6 nitrogen and oxygen atoms in total. The number of rotatable bonds is 6. The standard InChI is InChI=1S/C13H9.2C8H10O3.C7H9.Zr/c1-3-7-12-10(5-1)9-11-6-2-4-8-13(11)12;2*1-10-6-4-3-5-7(11-2)8(6)9;1-6-3-4-7(2)5-6;/h1-9H;2*3-5,9H,1-2H3;3-4,6H,1-2H3;/q;;;;+2/p-2. The molecule has 4 aromatic carbocycles. The first-order chi connectivity index (χ1) is 20.8. The Balaban J connectivity index is 0.000000164. The predicted octanol–water partition coefficient (Wildman–Crippen LogP) is 6.87. The Hall–Kier alpha value is -3.96. The van der Waals surface area contributed by atoms with Crippen molar-refractivity contribution >= 4 is 0 Å². The Labute approximate surface area is 265 Å². The molecule has 0 spiro atoms. The zero-order valence-electron chi connectivity index (χ0n) is 25.3. The third-order valence-corrected chi connectivity index (χ3v) is 12.5. The van der Waals surface area contributed by atoms with Crippen LogP contribution in [-0.2, 0) is 23.2 Å². The Kier molecular flexibility index (Phi) is 11.1. The van der Waals surface area contributed by atoms with E-state index in [1.165, 1.54) is 45.1 Å². The van der Waals surface area contributed by atoms with Gasteiger partial charge in [-0.2, -0.15) is 0 Å².